The molecule has 214 valence electrons. The Morgan fingerprint density at radius 1 is 1.00 bits per heavy atom. The largest absolute Gasteiger partial charge is 0.495 e. The fourth-order valence-electron chi connectivity index (χ4n) is 6.05. The Morgan fingerprint density at radius 3 is 2.45 bits per heavy atom. The van der Waals surface area contributed by atoms with E-state index in [0.717, 1.165) is 34.7 Å². The van der Waals surface area contributed by atoms with Gasteiger partial charge in [-0.1, -0.05) is 30.3 Å². The number of carbonyl (C=O) groups is 3. The highest BCUT2D eigenvalue weighted by Gasteiger charge is 2.65. The molecular weight excluding hydrogens is 557 g/mol. The lowest BCUT2D eigenvalue weighted by Crippen LogP contribution is -2.46. The monoisotopic (exact) mass is 578 g/mol. The minimum Gasteiger partial charge on any atom is -0.495 e. The molecule has 0 saturated carbocycles. The second-order valence-corrected chi connectivity index (χ2v) is 10.0. The Hall–Kier alpha value is -5.20. The molecule has 0 bridgehead atoms. The van der Waals surface area contributed by atoms with Gasteiger partial charge in [-0.15, -0.1) is 0 Å². The summed E-state index contributed by atoms with van der Waals surface area (Å²) in [6, 6.07) is 12.7. The molecule has 42 heavy (non-hydrogen) atoms. The molecule has 2 fully saturated rings. The number of alkyl halides is 3. The van der Waals surface area contributed by atoms with Crippen molar-refractivity contribution in [2.24, 2.45) is 11.8 Å². The summed E-state index contributed by atoms with van der Waals surface area (Å²) in [5.74, 6) is -4.55. The summed E-state index contributed by atoms with van der Waals surface area (Å²) in [6.07, 6.45) is -1.32. The maximum absolute atomic E-state index is 14.1. The van der Waals surface area contributed by atoms with Gasteiger partial charge in [0.2, 0.25) is 17.7 Å². The van der Waals surface area contributed by atoms with E-state index >= 15 is 0 Å². The van der Waals surface area contributed by atoms with Gasteiger partial charge in [-0.25, -0.2) is 4.90 Å². The van der Waals surface area contributed by atoms with E-state index in [0.29, 0.717) is 5.56 Å². The van der Waals surface area contributed by atoms with E-state index in [-0.39, 0.29) is 22.8 Å². The zero-order valence-corrected chi connectivity index (χ0v) is 21.7. The maximum Gasteiger partial charge on any atom is 0.416 e. The molecule has 3 aliphatic rings. The van der Waals surface area contributed by atoms with Gasteiger partial charge in [-0.2, -0.15) is 13.2 Å². The molecule has 3 amide bonds. The number of fused-ring (bicyclic) bond motifs is 5. The number of nitro benzene ring substituents is 1. The normalized spacial score (nSPS) is 22.5. The molecule has 1 N–H and O–H groups in total. The molecule has 1 unspecified atom stereocenters. The first-order chi connectivity index (χ1) is 20.0. The number of benzene rings is 3. The van der Waals surface area contributed by atoms with Crippen LogP contribution in [0.2, 0.25) is 0 Å². The van der Waals surface area contributed by atoms with Gasteiger partial charge in [0, 0.05) is 24.0 Å². The molecule has 0 radical (unpaired) electrons. The minimum atomic E-state index is -4.64. The maximum atomic E-state index is 14.1. The SMILES string of the molecule is COc1ccc([N+](=O)[O-])cc1N1C(=O)[C@@H]2[C@H](C1=O)C1c3ccccc3C=CN1[C@@H]2C(=O)Nc1cccc(C(F)(F)F)c1. The van der Waals surface area contributed by atoms with Crippen molar-refractivity contribution in [1.29, 1.82) is 0 Å². The van der Waals surface area contributed by atoms with Gasteiger partial charge in [0.05, 0.1) is 35.5 Å². The predicted molar refractivity (Wildman–Crippen MR) is 143 cm³/mol. The van der Waals surface area contributed by atoms with E-state index in [1.807, 2.05) is 6.07 Å². The Labute approximate surface area is 236 Å². The number of halogens is 3. The van der Waals surface area contributed by atoms with Crippen molar-refractivity contribution in [3.05, 3.63) is 99.7 Å². The first-order valence-electron chi connectivity index (χ1n) is 12.7. The summed E-state index contributed by atoms with van der Waals surface area (Å²) in [5, 5.41) is 14.0. The van der Waals surface area contributed by atoms with Crippen molar-refractivity contribution in [1.82, 2.24) is 4.90 Å². The van der Waals surface area contributed by atoms with Crippen LogP contribution in [0.15, 0.2) is 72.9 Å². The van der Waals surface area contributed by atoms with Gasteiger partial charge in [0.15, 0.2) is 0 Å². The topological polar surface area (TPSA) is 122 Å². The molecule has 3 aromatic rings. The van der Waals surface area contributed by atoms with Crippen LogP contribution in [0, 0.1) is 22.0 Å². The lowest BCUT2D eigenvalue weighted by Gasteiger charge is -2.35. The fourth-order valence-corrected chi connectivity index (χ4v) is 6.05. The van der Waals surface area contributed by atoms with Gasteiger partial charge >= 0.3 is 6.18 Å². The average Bonchev–Trinajstić information content (AvgIpc) is 3.44. The van der Waals surface area contributed by atoms with Gasteiger partial charge in [0.1, 0.15) is 17.5 Å². The van der Waals surface area contributed by atoms with Crippen LogP contribution in [0.1, 0.15) is 22.7 Å². The van der Waals surface area contributed by atoms with Crippen molar-refractivity contribution in [2.75, 3.05) is 17.3 Å². The molecule has 2 saturated heterocycles. The van der Waals surface area contributed by atoms with Crippen molar-refractivity contribution in [3.63, 3.8) is 0 Å². The number of methoxy groups -OCH3 is 1. The molecule has 13 heteroatoms. The molecule has 0 aliphatic carbocycles. The summed E-state index contributed by atoms with van der Waals surface area (Å²) in [7, 11) is 1.28. The number of imide groups is 1. The molecule has 3 aromatic carbocycles. The molecule has 0 aromatic heterocycles. The molecule has 0 spiro atoms. The second kappa shape index (κ2) is 9.72. The summed E-state index contributed by atoms with van der Waals surface area (Å²) >= 11 is 0. The lowest BCUT2D eigenvalue weighted by molar-refractivity contribution is -0.384. The Morgan fingerprint density at radius 2 is 1.74 bits per heavy atom. The van der Waals surface area contributed by atoms with E-state index in [4.69, 9.17) is 4.74 Å². The van der Waals surface area contributed by atoms with Gasteiger partial charge in [0.25, 0.3) is 5.69 Å². The van der Waals surface area contributed by atoms with Crippen molar-refractivity contribution in [2.45, 2.75) is 18.3 Å². The summed E-state index contributed by atoms with van der Waals surface area (Å²) < 4.78 is 45.2. The number of nitrogens with zero attached hydrogens (tertiary/aromatic N) is 3. The average molecular weight is 579 g/mol. The number of carbonyl (C=O) groups excluding carboxylic acids is 3. The number of rotatable bonds is 5. The van der Waals surface area contributed by atoms with E-state index in [9.17, 15) is 37.7 Å². The number of nitro groups is 1. The highest BCUT2D eigenvalue weighted by Crippen LogP contribution is 2.54. The van der Waals surface area contributed by atoms with Crippen LogP contribution < -0.4 is 15.0 Å². The summed E-state index contributed by atoms with van der Waals surface area (Å²) in [6.45, 7) is 0. The molecule has 4 atom stereocenters. The van der Waals surface area contributed by atoms with Crippen molar-refractivity contribution < 1.29 is 37.2 Å². The van der Waals surface area contributed by atoms with Crippen LogP contribution in [0.5, 0.6) is 5.75 Å². The number of anilines is 2. The Kier molecular flexibility index (Phi) is 6.24. The van der Waals surface area contributed by atoms with Crippen LogP contribution >= 0.6 is 0 Å². The third kappa shape index (κ3) is 4.16. The number of non-ortho nitro benzene ring substituents is 1. The molecule has 3 heterocycles. The van der Waals surface area contributed by atoms with Crippen LogP contribution in [0.4, 0.5) is 30.2 Å². The van der Waals surface area contributed by atoms with E-state index < -0.39 is 58.3 Å². The zero-order chi connectivity index (χ0) is 29.9. The fraction of sp³-hybridized carbons (Fsp3) is 0.207. The van der Waals surface area contributed by atoms with Crippen LogP contribution in [-0.2, 0) is 20.6 Å². The van der Waals surface area contributed by atoms with Crippen molar-refractivity contribution >= 4 is 40.9 Å². The molecule has 3 aliphatic heterocycles. The highest BCUT2D eigenvalue weighted by molar-refractivity contribution is 6.25. The number of ether oxygens (including phenoxy) is 1. The van der Waals surface area contributed by atoms with Crippen LogP contribution in [0.25, 0.3) is 6.08 Å². The van der Waals surface area contributed by atoms with E-state index in [1.165, 1.54) is 25.3 Å². The molecular formula is C29H21F3N4O6. The van der Waals surface area contributed by atoms with Crippen LogP contribution in [-0.4, -0.2) is 40.7 Å². The first-order valence-corrected chi connectivity index (χ1v) is 12.7. The van der Waals surface area contributed by atoms with E-state index in [2.05, 4.69) is 5.32 Å². The van der Waals surface area contributed by atoms with Gasteiger partial charge < -0.3 is 15.0 Å². The Bertz CT molecular complexity index is 1690. The number of nitrogens with one attached hydrogen (secondary N) is 1. The third-order valence-electron chi connectivity index (χ3n) is 7.80. The quantitative estimate of drug-likeness (QED) is 0.263. The second-order valence-electron chi connectivity index (χ2n) is 10.0. The first kappa shape index (κ1) is 27.0. The Balaban J connectivity index is 1.44. The minimum absolute atomic E-state index is 0.0352. The van der Waals surface area contributed by atoms with E-state index in [1.54, 1.807) is 35.4 Å². The number of hydrogen-bond acceptors (Lipinski definition) is 7. The zero-order valence-electron chi connectivity index (χ0n) is 21.7. The summed E-state index contributed by atoms with van der Waals surface area (Å²) in [5.41, 5.74) is -0.175. The van der Waals surface area contributed by atoms with Crippen molar-refractivity contribution in [3.8, 4) is 5.75 Å². The van der Waals surface area contributed by atoms with Crippen LogP contribution in [0.3, 0.4) is 0 Å². The standard InChI is InChI=1S/C29H21F3N4O6/c1-42-21-10-9-18(36(40)41)14-20(21)35-27(38)22-23(28(35)39)25(34-12-11-15-5-2-3-8-19(15)24(22)34)26(37)33-17-7-4-6-16(13-17)29(30,31)32/h2-14,22-25H,1H3,(H,33,37)/t22-,23+,24?,25-/m0/s1. The lowest BCUT2D eigenvalue weighted by atomic mass is 9.84. The number of hydrogen-bond donors (Lipinski definition) is 1. The number of amides is 3. The molecule has 10 nitrogen and oxygen atoms in total. The predicted octanol–water partition coefficient (Wildman–Crippen LogP) is 4.78. The third-order valence-corrected chi connectivity index (χ3v) is 7.80. The molecule has 6 rings (SSSR count). The van der Waals surface area contributed by atoms with Gasteiger partial charge in [-0.3, -0.25) is 24.5 Å². The smallest absolute Gasteiger partial charge is 0.416 e. The summed E-state index contributed by atoms with van der Waals surface area (Å²) in [4.78, 5) is 55.1. The highest BCUT2D eigenvalue weighted by atomic mass is 19.4. The van der Waals surface area contributed by atoms with Gasteiger partial charge in [-0.05, 0) is 41.5 Å².